The molecule has 0 aliphatic carbocycles. The number of carbonyl (C=O) groups excluding carboxylic acids is 1. The molecule has 1 rings (SSSR count). The molecule has 0 fully saturated rings. The van der Waals surface area contributed by atoms with E-state index in [9.17, 15) is 4.79 Å². The van der Waals surface area contributed by atoms with Gasteiger partial charge in [0.1, 0.15) is 11.5 Å². The molecule has 0 aromatic carbocycles. The Balaban J connectivity index is 3.46. The molecule has 0 bridgehead atoms. The van der Waals surface area contributed by atoms with Gasteiger partial charge in [-0.3, -0.25) is 9.36 Å². The summed E-state index contributed by atoms with van der Waals surface area (Å²) in [6.07, 6.45) is 0. The lowest BCUT2D eigenvalue weighted by Gasteiger charge is -1.94. The van der Waals surface area contributed by atoms with Crippen molar-refractivity contribution in [1.82, 2.24) is 4.57 Å². The third-order valence-electron chi connectivity index (χ3n) is 1.52. The van der Waals surface area contributed by atoms with E-state index in [4.69, 9.17) is 16.6 Å². The lowest BCUT2D eigenvalue weighted by molar-refractivity contribution is 0.100. The van der Waals surface area contributed by atoms with Crippen LogP contribution >= 0.6 is 12.2 Å². The smallest absolute Gasteiger partial charge is 0.269 e. The van der Waals surface area contributed by atoms with Crippen LogP contribution in [0.5, 0.6) is 0 Å². The van der Waals surface area contributed by atoms with E-state index in [1.807, 2.05) is 0 Å². The first-order valence-corrected chi connectivity index (χ1v) is 3.62. The van der Waals surface area contributed by atoms with Gasteiger partial charge in [-0.1, -0.05) is 0 Å². The number of carbonyl (C=O) groups is 1. The summed E-state index contributed by atoms with van der Waals surface area (Å²) in [5.74, 6) is 0.565. The van der Waals surface area contributed by atoms with Crippen LogP contribution in [0.2, 0.25) is 0 Å². The molecule has 60 valence electrons. The highest BCUT2D eigenvalue weighted by Gasteiger charge is 2.11. The Labute approximate surface area is 69.6 Å². The minimum absolute atomic E-state index is 0.0233. The predicted octanol–water partition coefficient (Wildman–Crippen LogP) is 1.86. The number of aryl methyl sites for hydroxylation is 1. The number of nitrogens with zero attached hydrogens (tertiary/aromatic N) is 1. The van der Waals surface area contributed by atoms with Crippen molar-refractivity contribution in [3.8, 4) is 0 Å². The van der Waals surface area contributed by atoms with Crippen molar-refractivity contribution in [2.24, 2.45) is 7.05 Å². The minimum atomic E-state index is -0.0233. The van der Waals surface area contributed by atoms with E-state index in [1.165, 1.54) is 6.92 Å². The fourth-order valence-electron chi connectivity index (χ4n) is 1.06. The largest absolute Gasteiger partial charge is 0.434 e. The average Bonchev–Trinajstić information content (AvgIpc) is 2.07. The van der Waals surface area contributed by atoms with E-state index < -0.39 is 0 Å². The monoisotopic (exact) mass is 171 g/mol. The maximum atomic E-state index is 11.0. The number of ketones is 1. The second kappa shape index (κ2) is 2.62. The molecule has 0 radical (unpaired) electrons. The van der Waals surface area contributed by atoms with Crippen LogP contribution in [0, 0.1) is 11.8 Å². The fraction of sp³-hybridized carbons (Fsp3) is 0.429. The van der Waals surface area contributed by atoms with E-state index >= 15 is 0 Å². The number of hydrogen-bond acceptors (Lipinski definition) is 3. The Bertz CT molecular complexity index is 348. The van der Waals surface area contributed by atoms with Crippen molar-refractivity contribution in [3.63, 3.8) is 0 Å². The van der Waals surface area contributed by atoms with Crippen molar-refractivity contribution in [2.45, 2.75) is 13.8 Å². The summed E-state index contributed by atoms with van der Waals surface area (Å²) < 4.78 is 6.64. The standard InChI is InChI=1S/C7H9NO2S/c1-4(9)6-5(2)10-7(11)8(6)3/h1-3H3. The van der Waals surface area contributed by atoms with Crippen LogP contribution in [-0.2, 0) is 7.05 Å². The molecule has 11 heavy (non-hydrogen) atoms. The number of hydrogen-bond donors (Lipinski definition) is 0. The fourth-order valence-corrected chi connectivity index (χ4v) is 1.28. The second-order valence-corrected chi connectivity index (χ2v) is 2.74. The van der Waals surface area contributed by atoms with Crippen molar-refractivity contribution in [3.05, 3.63) is 16.3 Å². The van der Waals surface area contributed by atoms with Gasteiger partial charge in [-0.05, 0) is 19.1 Å². The third kappa shape index (κ3) is 1.26. The molecule has 0 unspecified atom stereocenters. The summed E-state index contributed by atoms with van der Waals surface area (Å²) in [4.78, 5) is 11.3. The van der Waals surface area contributed by atoms with E-state index in [0.29, 0.717) is 16.3 Å². The van der Waals surface area contributed by atoms with Crippen molar-refractivity contribution < 1.29 is 9.21 Å². The number of Topliss-reactive ketones (excluding diaryl/α,β-unsaturated/α-hetero) is 1. The zero-order valence-corrected chi connectivity index (χ0v) is 7.49. The zero-order valence-electron chi connectivity index (χ0n) is 6.67. The number of rotatable bonds is 1. The van der Waals surface area contributed by atoms with Crippen LogP contribution in [0.25, 0.3) is 0 Å². The molecule has 1 aromatic heterocycles. The van der Waals surface area contributed by atoms with Gasteiger partial charge < -0.3 is 4.42 Å². The Morgan fingerprint density at radius 3 is 2.36 bits per heavy atom. The molecule has 0 atom stereocenters. The maximum absolute atomic E-state index is 11.0. The molecule has 4 heteroatoms. The SMILES string of the molecule is CC(=O)c1c(C)oc(=S)n1C. The van der Waals surface area contributed by atoms with Crippen molar-refractivity contribution in [2.75, 3.05) is 0 Å². The molecule has 0 aliphatic heterocycles. The van der Waals surface area contributed by atoms with Gasteiger partial charge in [-0.2, -0.15) is 0 Å². The van der Waals surface area contributed by atoms with Crippen LogP contribution < -0.4 is 0 Å². The van der Waals surface area contributed by atoms with Crippen LogP contribution in [0.15, 0.2) is 4.42 Å². The molecular formula is C7H9NO2S. The van der Waals surface area contributed by atoms with E-state index in [2.05, 4.69) is 0 Å². The average molecular weight is 171 g/mol. The zero-order chi connectivity index (χ0) is 8.59. The number of aromatic nitrogens is 1. The van der Waals surface area contributed by atoms with Crippen LogP contribution in [0.1, 0.15) is 23.2 Å². The first-order chi connectivity index (χ1) is 5.04. The minimum Gasteiger partial charge on any atom is -0.434 e. The summed E-state index contributed by atoms with van der Waals surface area (Å²) in [6.45, 7) is 3.22. The van der Waals surface area contributed by atoms with Gasteiger partial charge in [0.25, 0.3) is 4.84 Å². The molecule has 1 aromatic rings. The van der Waals surface area contributed by atoms with Gasteiger partial charge in [-0.15, -0.1) is 0 Å². The van der Waals surface area contributed by atoms with Crippen LogP contribution in [0.4, 0.5) is 0 Å². The molecule has 0 spiro atoms. The van der Waals surface area contributed by atoms with E-state index in [0.717, 1.165) is 0 Å². The quantitative estimate of drug-likeness (QED) is 0.478. The Hall–Kier alpha value is -0.900. The summed E-state index contributed by atoms with van der Waals surface area (Å²) >= 11 is 4.82. The first-order valence-electron chi connectivity index (χ1n) is 3.21. The van der Waals surface area contributed by atoms with Crippen LogP contribution in [-0.4, -0.2) is 10.4 Å². The van der Waals surface area contributed by atoms with Crippen molar-refractivity contribution >= 4 is 18.0 Å². The summed E-state index contributed by atoms with van der Waals surface area (Å²) in [5.41, 5.74) is 0.551. The molecule has 0 N–H and O–H groups in total. The molecule has 0 aliphatic rings. The maximum Gasteiger partial charge on any atom is 0.269 e. The Kier molecular flexibility index (Phi) is 1.95. The first kappa shape index (κ1) is 8.20. The normalized spacial score (nSPS) is 10.1. The molecule has 0 amide bonds. The van der Waals surface area contributed by atoms with Gasteiger partial charge in [0.15, 0.2) is 5.78 Å². The second-order valence-electron chi connectivity index (χ2n) is 2.39. The molecule has 0 saturated carbocycles. The molecule has 0 saturated heterocycles. The van der Waals surface area contributed by atoms with Crippen molar-refractivity contribution in [1.29, 1.82) is 0 Å². The van der Waals surface area contributed by atoms with Crippen LogP contribution in [0.3, 0.4) is 0 Å². The van der Waals surface area contributed by atoms with E-state index in [1.54, 1.807) is 18.5 Å². The van der Waals surface area contributed by atoms with Gasteiger partial charge in [0.2, 0.25) is 0 Å². The van der Waals surface area contributed by atoms with Gasteiger partial charge in [0.05, 0.1) is 0 Å². The van der Waals surface area contributed by atoms with Gasteiger partial charge in [-0.25, -0.2) is 0 Å². The summed E-state index contributed by atoms with van der Waals surface area (Å²) in [6, 6.07) is 0. The number of oxazole rings is 1. The Morgan fingerprint density at radius 2 is 2.18 bits per heavy atom. The van der Waals surface area contributed by atoms with Gasteiger partial charge in [0, 0.05) is 14.0 Å². The highest BCUT2D eigenvalue weighted by Crippen LogP contribution is 2.10. The van der Waals surface area contributed by atoms with Gasteiger partial charge >= 0.3 is 0 Å². The molecular weight excluding hydrogens is 162 g/mol. The summed E-state index contributed by atoms with van der Waals surface area (Å²) in [7, 11) is 1.72. The molecule has 3 nitrogen and oxygen atoms in total. The third-order valence-corrected chi connectivity index (χ3v) is 1.87. The van der Waals surface area contributed by atoms with E-state index in [-0.39, 0.29) is 5.78 Å². The highest BCUT2D eigenvalue weighted by atomic mass is 32.1. The molecule has 1 heterocycles. The topological polar surface area (TPSA) is 35.1 Å². The lowest BCUT2D eigenvalue weighted by Crippen LogP contribution is -2.02. The Morgan fingerprint density at radius 1 is 1.64 bits per heavy atom. The lowest BCUT2D eigenvalue weighted by atomic mass is 10.3. The predicted molar refractivity (Wildman–Crippen MR) is 43.3 cm³/mol. The highest BCUT2D eigenvalue weighted by molar-refractivity contribution is 7.71. The summed E-state index contributed by atoms with van der Waals surface area (Å²) in [5, 5.41) is 0.